The standard InChI is InChI=1S/C11H15ClN2OS/c12-9-3-2-8(16-9)4-7-14-10(15)11(13)5-1-6-11/h2-3H,1,4-7,13H2,(H,14,15). The minimum Gasteiger partial charge on any atom is -0.354 e. The molecule has 1 aliphatic rings. The van der Waals surface area contributed by atoms with Crippen LogP contribution in [0.1, 0.15) is 24.1 Å². The van der Waals surface area contributed by atoms with Crippen molar-refractivity contribution >= 4 is 28.8 Å². The number of rotatable bonds is 4. The molecule has 0 saturated heterocycles. The van der Waals surface area contributed by atoms with Crippen molar-refractivity contribution in [2.45, 2.75) is 31.2 Å². The van der Waals surface area contributed by atoms with Gasteiger partial charge in [0.15, 0.2) is 0 Å². The van der Waals surface area contributed by atoms with Gasteiger partial charge >= 0.3 is 0 Å². The molecule has 3 N–H and O–H groups in total. The molecule has 0 aromatic carbocycles. The summed E-state index contributed by atoms with van der Waals surface area (Å²) >= 11 is 7.37. The van der Waals surface area contributed by atoms with Crippen molar-refractivity contribution in [3.05, 3.63) is 21.3 Å². The molecule has 0 radical (unpaired) electrons. The minimum atomic E-state index is -0.590. The van der Waals surface area contributed by atoms with Crippen LogP contribution in [0.4, 0.5) is 0 Å². The topological polar surface area (TPSA) is 55.1 Å². The maximum absolute atomic E-state index is 11.7. The normalized spacial score (nSPS) is 17.9. The Kier molecular flexibility index (Phi) is 3.52. The minimum absolute atomic E-state index is 0.0126. The number of nitrogens with one attached hydrogen (secondary N) is 1. The fourth-order valence-corrected chi connectivity index (χ4v) is 2.83. The number of hydrogen-bond acceptors (Lipinski definition) is 3. The Morgan fingerprint density at radius 2 is 2.31 bits per heavy atom. The van der Waals surface area contributed by atoms with Gasteiger partial charge in [0, 0.05) is 11.4 Å². The monoisotopic (exact) mass is 258 g/mol. The first-order chi connectivity index (χ1) is 7.60. The third-order valence-electron chi connectivity index (χ3n) is 2.98. The van der Waals surface area contributed by atoms with Crippen LogP contribution in [-0.2, 0) is 11.2 Å². The van der Waals surface area contributed by atoms with Gasteiger partial charge < -0.3 is 11.1 Å². The molecular weight excluding hydrogens is 244 g/mol. The van der Waals surface area contributed by atoms with Crippen LogP contribution in [0.2, 0.25) is 4.34 Å². The molecule has 1 saturated carbocycles. The van der Waals surface area contributed by atoms with Gasteiger partial charge in [-0.2, -0.15) is 0 Å². The lowest BCUT2D eigenvalue weighted by molar-refractivity contribution is -0.129. The van der Waals surface area contributed by atoms with E-state index in [9.17, 15) is 4.79 Å². The van der Waals surface area contributed by atoms with Crippen molar-refractivity contribution in [3.63, 3.8) is 0 Å². The smallest absolute Gasteiger partial charge is 0.240 e. The second kappa shape index (κ2) is 4.73. The number of carbonyl (C=O) groups excluding carboxylic acids is 1. The summed E-state index contributed by atoms with van der Waals surface area (Å²) in [6, 6.07) is 3.86. The summed E-state index contributed by atoms with van der Waals surface area (Å²) in [7, 11) is 0. The lowest BCUT2D eigenvalue weighted by Crippen LogP contribution is -2.58. The van der Waals surface area contributed by atoms with Gasteiger partial charge in [-0.15, -0.1) is 11.3 Å². The summed E-state index contributed by atoms with van der Waals surface area (Å²) in [5.74, 6) is -0.0126. The zero-order chi connectivity index (χ0) is 11.6. The summed E-state index contributed by atoms with van der Waals surface area (Å²) in [5, 5.41) is 2.88. The number of nitrogens with two attached hydrogens (primary N) is 1. The molecule has 5 heteroatoms. The fraction of sp³-hybridized carbons (Fsp3) is 0.545. The zero-order valence-electron chi connectivity index (χ0n) is 8.96. The largest absolute Gasteiger partial charge is 0.354 e. The molecule has 1 aliphatic carbocycles. The molecule has 0 bridgehead atoms. The predicted molar refractivity (Wildman–Crippen MR) is 66.8 cm³/mol. The van der Waals surface area contributed by atoms with Crippen molar-refractivity contribution in [1.29, 1.82) is 0 Å². The second-order valence-corrected chi connectivity index (χ2v) is 6.02. The van der Waals surface area contributed by atoms with Crippen LogP contribution >= 0.6 is 22.9 Å². The van der Waals surface area contributed by atoms with Crippen molar-refractivity contribution in [2.24, 2.45) is 5.73 Å². The molecule has 0 aliphatic heterocycles. The van der Waals surface area contributed by atoms with Gasteiger partial charge in [0.05, 0.1) is 9.88 Å². The second-order valence-electron chi connectivity index (χ2n) is 4.22. The Bertz CT molecular complexity index is 387. The van der Waals surface area contributed by atoms with Crippen LogP contribution in [0.5, 0.6) is 0 Å². The van der Waals surface area contributed by atoms with Gasteiger partial charge in [-0.3, -0.25) is 4.79 Å². The molecule has 2 rings (SSSR count). The molecule has 0 atom stereocenters. The Morgan fingerprint density at radius 3 is 2.81 bits per heavy atom. The molecule has 3 nitrogen and oxygen atoms in total. The zero-order valence-corrected chi connectivity index (χ0v) is 10.5. The highest BCUT2D eigenvalue weighted by Crippen LogP contribution is 2.29. The predicted octanol–water partition coefficient (Wildman–Crippen LogP) is 1.94. The number of halogens is 1. The molecule has 1 aromatic heterocycles. The first-order valence-corrected chi connectivity index (χ1v) is 6.61. The molecule has 1 fully saturated rings. The van der Waals surface area contributed by atoms with Crippen molar-refractivity contribution < 1.29 is 4.79 Å². The van der Waals surface area contributed by atoms with E-state index < -0.39 is 5.54 Å². The van der Waals surface area contributed by atoms with Gasteiger partial charge in [-0.1, -0.05) is 11.6 Å². The van der Waals surface area contributed by atoms with Gasteiger partial charge in [0.1, 0.15) is 0 Å². The Labute approximate surface area is 104 Å². The van der Waals surface area contributed by atoms with Crippen LogP contribution in [-0.4, -0.2) is 18.0 Å². The van der Waals surface area contributed by atoms with Gasteiger partial charge in [0.25, 0.3) is 0 Å². The summed E-state index contributed by atoms with van der Waals surface area (Å²) in [5.41, 5.74) is 5.31. The Morgan fingerprint density at radius 1 is 1.56 bits per heavy atom. The number of thiophene rings is 1. The maximum Gasteiger partial charge on any atom is 0.240 e. The number of carbonyl (C=O) groups is 1. The molecule has 1 aromatic rings. The van der Waals surface area contributed by atoms with Crippen LogP contribution in [0, 0.1) is 0 Å². The van der Waals surface area contributed by atoms with Gasteiger partial charge in [-0.25, -0.2) is 0 Å². The van der Waals surface area contributed by atoms with E-state index in [4.69, 9.17) is 17.3 Å². The summed E-state index contributed by atoms with van der Waals surface area (Å²) < 4.78 is 0.788. The highest BCUT2D eigenvalue weighted by molar-refractivity contribution is 7.16. The summed E-state index contributed by atoms with van der Waals surface area (Å²) in [4.78, 5) is 12.9. The van der Waals surface area contributed by atoms with Gasteiger partial charge in [-0.05, 0) is 37.8 Å². The molecule has 1 amide bonds. The first kappa shape index (κ1) is 11.9. The fourth-order valence-electron chi connectivity index (χ4n) is 1.75. The third kappa shape index (κ3) is 2.56. The van der Waals surface area contributed by atoms with E-state index in [-0.39, 0.29) is 5.91 Å². The van der Waals surface area contributed by atoms with E-state index in [1.54, 1.807) is 11.3 Å². The summed E-state index contributed by atoms with van der Waals surface area (Å²) in [6.45, 7) is 0.634. The number of hydrogen-bond donors (Lipinski definition) is 2. The van der Waals surface area contributed by atoms with E-state index in [1.165, 1.54) is 4.88 Å². The van der Waals surface area contributed by atoms with E-state index in [1.807, 2.05) is 12.1 Å². The molecular formula is C11H15ClN2OS. The van der Waals surface area contributed by atoms with Crippen LogP contribution in [0.15, 0.2) is 12.1 Å². The van der Waals surface area contributed by atoms with E-state index in [0.29, 0.717) is 6.54 Å². The molecule has 0 unspecified atom stereocenters. The summed E-state index contributed by atoms with van der Waals surface area (Å²) in [6.07, 6.45) is 3.50. The van der Waals surface area contributed by atoms with E-state index in [2.05, 4.69) is 5.32 Å². The Balaban J connectivity index is 1.74. The average molecular weight is 259 g/mol. The molecule has 88 valence electrons. The SMILES string of the molecule is NC1(C(=O)NCCc2ccc(Cl)s2)CCC1. The molecule has 16 heavy (non-hydrogen) atoms. The lowest BCUT2D eigenvalue weighted by atomic mass is 9.77. The molecule has 0 spiro atoms. The highest BCUT2D eigenvalue weighted by Gasteiger charge is 2.39. The van der Waals surface area contributed by atoms with Crippen LogP contribution in [0.3, 0.4) is 0 Å². The van der Waals surface area contributed by atoms with Crippen molar-refractivity contribution in [1.82, 2.24) is 5.32 Å². The molecule has 1 heterocycles. The first-order valence-electron chi connectivity index (χ1n) is 5.41. The van der Waals surface area contributed by atoms with Gasteiger partial charge in [0.2, 0.25) is 5.91 Å². The van der Waals surface area contributed by atoms with Crippen LogP contribution in [0.25, 0.3) is 0 Å². The Hall–Kier alpha value is -0.580. The quantitative estimate of drug-likeness (QED) is 0.867. The van der Waals surface area contributed by atoms with Crippen molar-refractivity contribution in [2.75, 3.05) is 6.54 Å². The lowest BCUT2D eigenvalue weighted by Gasteiger charge is -2.36. The third-order valence-corrected chi connectivity index (χ3v) is 4.27. The number of amides is 1. The van der Waals surface area contributed by atoms with Crippen molar-refractivity contribution in [3.8, 4) is 0 Å². The van der Waals surface area contributed by atoms with Crippen LogP contribution < -0.4 is 11.1 Å². The van der Waals surface area contributed by atoms with E-state index >= 15 is 0 Å². The highest BCUT2D eigenvalue weighted by atomic mass is 35.5. The van der Waals surface area contributed by atoms with E-state index in [0.717, 1.165) is 30.0 Å². The average Bonchev–Trinajstić information content (AvgIpc) is 2.60. The maximum atomic E-state index is 11.7.